The molecule has 0 unspecified atom stereocenters. The minimum atomic E-state index is 0. The van der Waals surface area contributed by atoms with E-state index in [1.165, 1.54) is 24.8 Å². The van der Waals surface area contributed by atoms with Gasteiger partial charge in [0, 0.05) is 24.8 Å². The van der Waals surface area contributed by atoms with Crippen molar-refractivity contribution in [2.45, 2.75) is 32.4 Å². The summed E-state index contributed by atoms with van der Waals surface area (Å²) in [6.07, 6.45) is 8.29. The van der Waals surface area contributed by atoms with Crippen LogP contribution in [0, 0.1) is 5.92 Å². The van der Waals surface area contributed by atoms with Crippen molar-refractivity contribution in [3.05, 3.63) is 18.0 Å². The summed E-state index contributed by atoms with van der Waals surface area (Å²) in [5.41, 5.74) is 1.28. The Morgan fingerprint density at radius 2 is 2.20 bits per heavy atom. The average Bonchev–Trinajstić information content (AvgIpc) is 2.46. The maximum Gasteiger partial charge on any atom is 0.0534 e. The van der Waals surface area contributed by atoms with Crippen LogP contribution in [0.15, 0.2) is 12.4 Å². The number of nitrogens with zero attached hydrogens (tertiary/aromatic N) is 2. The van der Waals surface area contributed by atoms with Gasteiger partial charge in [0.1, 0.15) is 0 Å². The van der Waals surface area contributed by atoms with Gasteiger partial charge in [-0.2, -0.15) is 5.10 Å². The molecule has 1 heterocycles. The molecule has 5 heteroatoms. The number of aromatic nitrogens is 2. The molecule has 0 saturated heterocycles. The van der Waals surface area contributed by atoms with E-state index in [2.05, 4.69) is 21.3 Å². The number of hydrogen-bond acceptors (Lipinski definition) is 2. The molecule has 1 N–H and O–H groups in total. The summed E-state index contributed by atoms with van der Waals surface area (Å²) in [6, 6.07) is 0. The Kier molecular flexibility index (Phi) is 6.98. The molecule has 88 valence electrons. The fraction of sp³-hybridized carbons (Fsp3) is 0.700. The van der Waals surface area contributed by atoms with E-state index in [9.17, 15) is 0 Å². The SMILES string of the molecule is CNCc1cnn(CC2CCC2)c1.Cl.Cl. The van der Waals surface area contributed by atoms with Gasteiger partial charge < -0.3 is 5.32 Å². The third kappa shape index (κ3) is 4.01. The highest BCUT2D eigenvalue weighted by Gasteiger charge is 2.17. The Bertz CT molecular complexity index is 271. The minimum absolute atomic E-state index is 0. The van der Waals surface area contributed by atoms with Gasteiger partial charge in [-0.25, -0.2) is 0 Å². The van der Waals surface area contributed by atoms with Crippen LogP contribution in [-0.4, -0.2) is 16.8 Å². The Balaban J connectivity index is 0.000000980. The quantitative estimate of drug-likeness (QED) is 0.890. The van der Waals surface area contributed by atoms with E-state index >= 15 is 0 Å². The smallest absolute Gasteiger partial charge is 0.0534 e. The molecule has 15 heavy (non-hydrogen) atoms. The van der Waals surface area contributed by atoms with Gasteiger partial charge in [0.2, 0.25) is 0 Å². The van der Waals surface area contributed by atoms with Crippen molar-refractivity contribution in [1.82, 2.24) is 15.1 Å². The Morgan fingerprint density at radius 1 is 1.47 bits per heavy atom. The van der Waals surface area contributed by atoms with Crippen molar-refractivity contribution >= 4 is 24.8 Å². The van der Waals surface area contributed by atoms with Crippen LogP contribution in [-0.2, 0) is 13.1 Å². The third-order valence-corrected chi connectivity index (χ3v) is 2.74. The summed E-state index contributed by atoms with van der Waals surface area (Å²) in [7, 11) is 1.96. The number of rotatable bonds is 4. The van der Waals surface area contributed by atoms with E-state index in [1.807, 2.05) is 13.2 Å². The lowest BCUT2D eigenvalue weighted by atomic mass is 9.85. The van der Waals surface area contributed by atoms with Crippen molar-refractivity contribution < 1.29 is 0 Å². The van der Waals surface area contributed by atoms with Crippen molar-refractivity contribution in [2.75, 3.05) is 7.05 Å². The first-order chi connectivity index (χ1) is 6.38. The number of nitrogens with one attached hydrogen (secondary N) is 1. The molecule has 0 atom stereocenters. The molecular formula is C10H19Cl2N3. The molecule has 0 radical (unpaired) electrons. The lowest BCUT2D eigenvalue weighted by Gasteiger charge is -2.24. The van der Waals surface area contributed by atoms with Crippen LogP contribution in [0.4, 0.5) is 0 Å². The molecule has 2 rings (SSSR count). The lowest BCUT2D eigenvalue weighted by Crippen LogP contribution is -2.18. The molecular weight excluding hydrogens is 233 g/mol. The molecule has 0 spiro atoms. The Morgan fingerprint density at radius 3 is 2.73 bits per heavy atom. The van der Waals surface area contributed by atoms with E-state index in [0.29, 0.717) is 0 Å². The second kappa shape index (κ2) is 7.09. The molecule has 0 aliphatic heterocycles. The molecule has 1 aliphatic carbocycles. The van der Waals surface area contributed by atoms with E-state index < -0.39 is 0 Å². The first kappa shape index (κ1) is 14.8. The normalized spacial score (nSPS) is 15.0. The first-order valence-electron chi connectivity index (χ1n) is 5.04. The summed E-state index contributed by atoms with van der Waals surface area (Å²) in [6.45, 7) is 2.04. The van der Waals surface area contributed by atoms with Crippen LogP contribution in [0.2, 0.25) is 0 Å². The van der Waals surface area contributed by atoms with Crippen molar-refractivity contribution in [2.24, 2.45) is 5.92 Å². The molecule has 0 bridgehead atoms. The first-order valence-corrected chi connectivity index (χ1v) is 5.04. The largest absolute Gasteiger partial charge is 0.316 e. The highest BCUT2D eigenvalue weighted by atomic mass is 35.5. The molecule has 3 nitrogen and oxygen atoms in total. The summed E-state index contributed by atoms with van der Waals surface area (Å²) < 4.78 is 2.08. The average molecular weight is 252 g/mol. The zero-order valence-electron chi connectivity index (χ0n) is 8.98. The van der Waals surface area contributed by atoms with Crippen molar-refractivity contribution in [3.63, 3.8) is 0 Å². The van der Waals surface area contributed by atoms with Gasteiger partial charge in [0.05, 0.1) is 6.20 Å². The van der Waals surface area contributed by atoms with E-state index in [-0.39, 0.29) is 24.8 Å². The molecule has 1 aliphatic rings. The number of halogens is 2. The molecule has 1 aromatic rings. The summed E-state index contributed by atoms with van der Waals surface area (Å²) in [4.78, 5) is 0. The monoisotopic (exact) mass is 251 g/mol. The Hall–Kier alpha value is -0.250. The standard InChI is InChI=1S/C10H17N3.2ClH/c1-11-5-10-6-12-13(8-10)7-9-3-2-4-9;;/h6,8-9,11H,2-5,7H2,1H3;2*1H. The molecule has 1 saturated carbocycles. The Labute approximate surface area is 103 Å². The van der Waals surface area contributed by atoms with Crippen LogP contribution in [0.1, 0.15) is 24.8 Å². The fourth-order valence-corrected chi connectivity index (χ4v) is 1.74. The van der Waals surface area contributed by atoms with Gasteiger partial charge in [-0.05, 0) is 25.8 Å². The fourth-order valence-electron chi connectivity index (χ4n) is 1.74. The van der Waals surface area contributed by atoms with Crippen LogP contribution in [0.25, 0.3) is 0 Å². The van der Waals surface area contributed by atoms with Crippen LogP contribution in [0.5, 0.6) is 0 Å². The van der Waals surface area contributed by atoms with Crippen LogP contribution >= 0.6 is 24.8 Å². The van der Waals surface area contributed by atoms with Crippen molar-refractivity contribution in [1.29, 1.82) is 0 Å². The molecule has 0 aromatic carbocycles. The second-order valence-corrected chi connectivity index (χ2v) is 3.90. The molecule has 1 fully saturated rings. The van der Waals surface area contributed by atoms with Gasteiger partial charge in [-0.3, -0.25) is 4.68 Å². The maximum absolute atomic E-state index is 4.33. The minimum Gasteiger partial charge on any atom is -0.316 e. The van der Waals surface area contributed by atoms with E-state index in [1.54, 1.807) is 0 Å². The lowest BCUT2D eigenvalue weighted by molar-refractivity contribution is 0.266. The molecule has 1 aromatic heterocycles. The zero-order valence-corrected chi connectivity index (χ0v) is 10.6. The predicted octanol–water partition coefficient (Wildman–Crippen LogP) is 2.25. The van der Waals surface area contributed by atoms with Crippen LogP contribution in [0.3, 0.4) is 0 Å². The highest BCUT2D eigenvalue weighted by Crippen LogP contribution is 2.27. The summed E-state index contributed by atoms with van der Waals surface area (Å²) in [5.74, 6) is 0.891. The summed E-state index contributed by atoms with van der Waals surface area (Å²) in [5, 5.41) is 7.46. The second-order valence-electron chi connectivity index (χ2n) is 3.90. The highest BCUT2D eigenvalue weighted by molar-refractivity contribution is 5.85. The van der Waals surface area contributed by atoms with Gasteiger partial charge >= 0.3 is 0 Å². The number of hydrogen-bond donors (Lipinski definition) is 1. The summed E-state index contributed by atoms with van der Waals surface area (Å²) >= 11 is 0. The van der Waals surface area contributed by atoms with Gasteiger partial charge in [-0.15, -0.1) is 24.8 Å². The topological polar surface area (TPSA) is 29.9 Å². The predicted molar refractivity (Wildman–Crippen MR) is 66.8 cm³/mol. The third-order valence-electron chi connectivity index (χ3n) is 2.74. The maximum atomic E-state index is 4.33. The zero-order chi connectivity index (χ0) is 9.10. The van der Waals surface area contributed by atoms with E-state index in [0.717, 1.165) is 19.0 Å². The van der Waals surface area contributed by atoms with Gasteiger partial charge in [0.15, 0.2) is 0 Å². The van der Waals surface area contributed by atoms with Gasteiger partial charge in [-0.1, -0.05) is 6.42 Å². The van der Waals surface area contributed by atoms with E-state index in [4.69, 9.17) is 0 Å². The van der Waals surface area contributed by atoms with Crippen molar-refractivity contribution in [3.8, 4) is 0 Å². The van der Waals surface area contributed by atoms with Crippen LogP contribution < -0.4 is 5.32 Å². The van der Waals surface area contributed by atoms with Gasteiger partial charge in [0.25, 0.3) is 0 Å². The molecule has 0 amide bonds.